The summed E-state index contributed by atoms with van der Waals surface area (Å²) in [6, 6.07) is 0.429. The predicted octanol–water partition coefficient (Wildman–Crippen LogP) is 4.41. The largest absolute Gasteiger partial charge is 0.375 e. The summed E-state index contributed by atoms with van der Waals surface area (Å²) >= 11 is 0. The van der Waals surface area contributed by atoms with Gasteiger partial charge in [-0.25, -0.2) is 0 Å². The Balaban J connectivity index is 1.45. The minimum Gasteiger partial charge on any atom is -0.375 e. The van der Waals surface area contributed by atoms with Crippen molar-refractivity contribution in [2.24, 2.45) is 17.6 Å². The van der Waals surface area contributed by atoms with Gasteiger partial charge in [0.15, 0.2) is 0 Å². The number of hydrogen-bond donors (Lipinski definition) is 1. The number of nitrogens with two attached hydrogens (primary N) is 1. The van der Waals surface area contributed by atoms with Crippen LogP contribution in [0, 0.1) is 11.8 Å². The van der Waals surface area contributed by atoms with Crippen LogP contribution in [0.4, 0.5) is 0 Å². The normalized spacial score (nSPS) is 32.5. The quantitative estimate of drug-likeness (QED) is 0.827. The molecular weight excluding hydrogens is 246 g/mol. The highest BCUT2D eigenvalue weighted by molar-refractivity contribution is 4.93. The molecule has 1 aliphatic heterocycles. The van der Waals surface area contributed by atoms with Crippen molar-refractivity contribution in [3.8, 4) is 0 Å². The molecule has 0 radical (unpaired) electrons. The predicted molar refractivity (Wildman–Crippen MR) is 83.7 cm³/mol. The van der Waals surface area contributed by atoms with Gasteiger partial charge in [-0.1, -0.05) is 44.9 Å². The lowest BCUT2D eigenvalue weighted by molar-refractivity contribution is -0.0966. The molecule has 2 aliphatic carbocycles. The lowest BCUT2D eigenvalue weighted by Crippen LogP contribution is -2.43. The maximum absolute atomic E-state index is 6.56. The Morgan fingerprint density at radius 3 is 2.50 bits per heavy atom. The summed E-state index contributed by atoms with van der Waals surface area (Å²) in [6.45, 7) is 0.960. The Morgan fingerprint density at radius 1 is 1.00 bits per heavy atom. The average Bonchev–Trinajstić information content (AvgIpc) is 2.93. The topological polar surface area (TPSA) is 35.2 Å². The van der Waals surface area contributed by atoms with Crippen molar-refractivity contribution >= 4 is 0 Å². The molecule has 3 fully saturated rings. The summed E-state index contributed by atoms with van der Waals surface area (Å²) < 4.78 is 6.15. The first-order chi connectivity index (χ1) is 9.77. The molecule has 2 saturated carbocycles. The molecule has 2 atom stereocenters. The van der Waals surface area contributed by atoms with Crippen LogP contribution in [0.3, 0.4) is 0 Å². The molecule has 2 nitrogen and oxygen atoms in total. The zero-order valence-corrected chi connectivity index (χ0v) is 13.1. The van der Waals surface area contributed by atoms with Crippen LogP contribution >= 0.6 is 0 Å². The highest BCUT2D eigenvalue weighted by Gasteiger charge is 2.41. The Labute approximate surface area is 124 Å². The zero-order valence-electron chi connectivity index (χ0n) is 13.1. The van der Waals surface area contributed by atoms with Gasteiger partial charge >= 0.3 is 0 Å². The van der Waals surface area contributed by atoms with E-state index in [2.05, 4.69) is 0 Å². The van der Waals surface area contributed by atoms with Crippen LogP contribution in [0.2, 0.25) is 0 Å². The molecule has 0 aromatic heterocycles. The number of ether oxygens (including phenoxy) is 1. The molecule has 1 heterocycles. The van der Waals surface area contributed by atoms with Crippen molar-refractivity contribution < 1.29 is 4.74 Å². The molecular formula is C18H33NO. The average molecular weight is 279 g/mol. The Morgan fingerprint density at radius 2 is 1.75 bits per heavy atom. The maximum atomic E-state index is 6.56. The van der Waals surface area contributed by atoms with Crippen LogP contribution in [0.15, 0.2) is 0 Å². The molecule has 0 amide bonds. The van der Waals surface area contributed by atoms with Crippen molar-refractivity contribution in [3.05, 3.63) is 0 Å². The van der Waals surface area contributed by atoms with Crippen molar-refractivity contribution in [2.45, 2.75) is 95.1 Å². The highest BCUT2D eigenvalue weighted by atomic mass is 16.5. The summed E-state index contributed by atoms with van der Waals surface area (Å²) in [6.07, 6.45) is 17.7. The summed E-state index contributed by atoms with van der Waals surface area (Å²) in [5.74, 6) is 1.71. The second kappa shape index (κ2) is 6.79. The third-order valence-electron chi connectivity index (χ3n) is 6.28. The molecule has 2 N–H and O–H groups in total. The van der Waals surface area contributed by atoms with E-state index >= 15 is 0 Å². The Kier molecular flexibility index (Phi) is 5.04. The molecule has 3 aliphatic rings. The number of hydrogen-bond acceptors (Lipinski definition) is 2. The highest BCUT2D eigenvalue weighted by Crippen LogP contribution is 2.43. The monoisotopic (exact) mass is 279 g/mol. The van der Waals surface area contributed by atoms with Gasteiger partial charge in [0.05, 0.1) is 5.60 Å². The van der Waals surface area contributed by atoms with Crippen LogP contribution in [0.25, 0.3) is 0 Å². The molecule has 20 heavy (non-hydrogen) atoms. The van der Waals surface area contributed by atoms with Crippen LogP contribution in [0.1, 0.15) is 83.5 Å². The fraction of sp³-hybridized carbons (Fsp3) is 1.00. The van der Waals surface area contributed by atoms with Crippen LogP contribution in [-0.4, -0.2) is 18.2 Å². The molecule has 3 rings (SSSR count). The Bertz CT molecular complexity index is 292. The third kappa shape index (κ3) is 3.57. The van der Waals surface area contributed by atoms with E-state index in [0.29, 0.717) is 6.04 Å². The summed E-state index contributed by atoms with van der Waals surface area (Å²) in [7, 11) is 0. The first-order valence-corrected chi connectivity index (χ1v) is 9.17. The van der Waals surface area contributed by atoms with Crippen molar-refractivity contribution in [1.29, 1.82) is 0 Å². The fourth-order valence-corrected chi connectivity index (χ4v) is 4.94. The maximum Gasteiger partial charge on any atom is 0.0685 e. The van der Waals surface area contributed by atoms with Gasteiger partial charge < -0.3 is 10.5 Å². The van der Waals surface area contributed by atoms with Gasteiger partial charge in [0.25, 0.3) is 0 Å². The van der Waals surface area contributed by atoms with Crippen LogP contribution in [0.5, 0.6) is 0 Å². The second-order valence-corrected chi connectivity index (χ2v) is 7.74. The second-order valence-electron chi connectivity index (χ2n) is 7.74. The van der Waals surface area contributed by atoms with Crippen molar-refractivity contribution in [2.75, 3.05) is 6.61 Å². The van der Waals surface area contributed by atoms with E-state index in [4.69, 9.17) is 10.5 Å². The lowest BCUT2D eigenvalue weighted by Gasteiger charge is -2.40. The van der Waals surface area contributed by atoms with Crippen molar-refractivity contribution in [3.63, 3.8) is 0 Å². The van der Waals surface area contributed by atoms with Gasteiger partial charge in [-0.2, -0.15) is 0 Å². The first kappa shape index (κ1) is 14.8. The van der Waals surface area contributed by atoms with Gasteiger partial charge in [0, 0.05) is 12.6 Å². The third-order valence-corrected chi connectivity index (χ3v) is 6.28. The summed E-state index contributed by atoms with van der Waals surface area (Å²) in [5, 5.41) is 0. The molecule has 116 valence electrons. The molecule has 0 aromatic carbocycles. The van der Waals surface area contributed by atoms with E-state index < -0.39 is 0 Å². The van der Waals surface area contributed by atoms with Gasteiger partial charge in [-0.3, -0.25) is 0 Å². The summed E-state index contributed by atoms with van der Waals surface area (Å²) in [5.41, 5.74) is 6.80. The summed E-state index contributed by atoms with van der Waals surface area (Å²) in [4.78, 5) is 0. The molecule has 2 unspecified atom stereocenters. The standard InChI is InChI=1S/C18H33NO/c19-17(9-8-15-6-2-1-3-7-15)16-10-13-20-18(14-16)11-4-5-12-18/h15-17H,1-14,19H2. The van der Waals surface area contributed by atoms with Gasteiger partial charge in [0.1, 0.15) is 0 Å². The zero-order chi connectivity index (χ0) is 13.8. The van der Waals surface area contributed by atoms with Crippen molar-refractivity contribution in [1.82, 2.24) is 0 Å². The molecule has 0 bridgehead atoms. The molecule has 0 aromatic rings. The molecule has 1 saturated heterocycles. The van der Waals surface area contributed by atoms with E-state index in [1.165, 1.54) is 83.5 Å². The smallest absolute Gasteiger partial charge is 0.0685 e. The fourth-order valence-electron chi connectivity index (χ4n) is 4.94. The molecule has 2 heteroatoms. The van der Waals surface area contributed by atoms with Gasteiger partial charge in [0.2, 0.25) is 0 Å². The van der Waals surface area contributed by atoms with Crippen LogP contribution in [-0.2, 0) is 4.74 Å². The van der Waals surface area contributed by atoms with Gasteiger partial charge in [-0.05, 0) is 50.4 Å². The SMILES string of the molecule is NC(CCC1CCCCC1)C1CCOC2(CCCC2)C1. The van der Waals surface area contributed by atoms with Gasteiger partial charge in [-0.15, -0.1) is 0 Å². The molecule has 1 spiro atoms. The van der Waals surface area contributed by atoms with E-state index in [0.717, 1.165) is 18.4 Å². The van der Waals surface area contributed by atoms with E-state index in [9.17, 15) is 0 Å². The van der Waals surface area contributed by atoms with E-state index in [1.807, 2.05) is 0 Å². The minimum absolute atomic E-state index is 0.241. The first-order valence-electron chi connectivity index (χ1n) is 9.17. The minimum atomic E-state index is 0.241. The number of rotatable bonds is 4. The Hall–Kier alpha value is -0.0800. The van der Waals surface area contributed by atoms with Crippen LogP contribution < -0.4 is 5.73 Å². The lowest BCUT2D eigenvalue weighted by atomic mass is 9.78. The van der Waals surface area contributed by atoms with E-state index in [1.54, 1.807) is 0 Å². The van der Waals surface area contributed by atoms with E-state index in [-0.39, 0.29) is 5.60 Å².